The van der Waals surface area contributed by atoms with Crippen LogP contribution in [0.15, 0.2) is 52.9 Å². The maximum atomic E-state index is 10.9. The van der Waals surface area contributed by atoms with Gasteiger partial charge in [-0.2, -0.15) is 0 Å². The molecule has 24 heavy (non-hydrogen) atoms. The van der Waals surface area contributed by atoms with Crippen LogP contribution in [0.3, 0.4) is 0 Å². The van der Waals surface area contributed by atoms with Crippen molar-refractivity contribution in [1.82, 2.24) is 10.2 Å². The summed E-state index contributed by atoms with van der Waals surface area (Å²) in [5, 5.41) is 17.0. The molecule has 0 saturated heterocycles. The van der Waals surface area contributed by atoms with Gasteiger partial charge >= 0.3 is 5.97 Å². The highest BCUT2D eigenvalue weighted by molar-refractivity contribution is 5.88. The molecule has 0 unspecified atom stereocenters. The van der Waals surface area contributed by atoms with Crippen LogP contribution in [0.1, 0.15) is 21.8 Å². The zero-order valence-corrected chi connectivity index (χ0v) is 13.4. The summed E-state index contributed by atoms with van der Waals surface area (Å²) in [5.74, 6) is -0.0642. The van der Waals surface area contributed by atoms with Crippen LogP contribution in [-0.2, 0) is 6.42 Å². The fraction of sp³-hybridized carbons (Fsp3) is 0.167. The molecule has 1 heterocycles. The van der Waals surface area contributed by atoms with Gasteiger partial charge in [0.05, 0.1) is 12.0 Å². The molecule has 6 nitrogen and oxygen atoms in total. The number of hydrogen-bond acceptors (Lipinski definition) is 5. The summed E-state index contributed by atoms with van der Waals surface area (Å²) in [7, 11) is 3.99. The first-order chi connectivity index (χ1) is 11.5. The van der Waals surface area contributed by atoms with E-state index < -0.39 is 5.97 Å². The number of anilines is 1. The molecule has 0 aliphatic heterocycles. The second-order valence-electron chi connectivity index (χ2n) is 5.62. The molecule has 122 valence electrons. The molecule has 0 saturated carbocycles. The number of aromatic carboxylic acids is 1. The van der Waals surface area contributed by atoms with Crippen molar-refractivity contribution in [3.8, 4) is 11.5 Å². The number of aromatic nitrogens is 2. The lowest BCUT2D eigenvalue weighted by atomic mass is 10.1. The Kier molecular flexibility index (Phi) is 4.29. The molecule has 0 atom stereocenters. The van der Waals surface area contributed by atoms with Crippen LogP contribution in [0.2, 0.25) is 0 Å². The van der Waals surface area contributed by atoms with Crippen LogP contribution < -0.4 is 4.90 Å². The minimum atomic E-state index is -0.964. The smallest absolute Gasteiger partial charge is 0.335 e. The number of carboxylic acid groups (broad SMARTS) is 1. The Labute approximate surface area is 139 Å². The number of carbonyl (C=O) groups is 1. The van der Waals surface area contributed by atoms with Gasteiger partial charge in [0.1, 0.15) is 0 Å². The van der Waals surface area contributed by atoms with E-state index in [1.54, 1.807) is 12.1 Å². The van der Waals surface area contributed by atoms with Gasteiger partial charge in [-0.25, -0.2) is 4.79 Å². The maximum Gasteiger partial charge on any atom is 0.335 e. The Morgan fingerprint density at radius 1 is 1.04 bits per heavy atom. The van der Waals surface area contributed by atoms with Crippen molar-refractivity contribution in [3.63, 3.8) is 0 Å². The van der Waals surface area contributed by atoms with Crippen LogP contribution in [0.25, 0.3) is 11.5 Å². The lowest BCUT2D eigenvalue weighted by molar-refractivity contribution is 0.0697. The number of hydrogen-bond donors (Lipinski definition) is 1. The van der Waals surface area contributed by atoms with Crippen LogP contribution in [0.4, 0.5) is 5.69 Å². The quantitative estimate of drug-likeness (QED) is 0.777. The Morgan fingerprint density at radius 3 is 2.29 bits per heavy atom. The molecule has 1 aromatic heterocycles. The molecule has 0 radical (unpaired) electrons. The van der Waals surface area contributed by atoms with E-state index in [2.05, 4.69) is 10.2 Å². The first kappa shape index (κ1) is 15.7. The molecule has 1 N–H and O–H groups in total. The van der Waals surface area contributed by atoms with Crippen LogP contribution in [-0.4, -0.2) is 35.4 Å². The average molecular weight is 323 g/mol. The summed E-state index contributed by atoms with van der Waals surface area (Å²) >= 11 is 0. The fourth-order valence-electron chi connectivity index (χ4n) is 2.28. The summed E-state index contributed by atoms with van der Waals surface area (Å²) in [6.45, 7) is 0. The molecule has 0 fully saturated rings. The summed E-state index contributed by atoms with van der Waals surface area (Å²) in [4.78, 5) is 12.9. The largest absolute Gasteiger partial charge is 0.478 e. The Morgan fingerprint density at radius 2 is 1.71 bits per heavy atom. The van der Waals surface area contributed by atoms with Crippen molar-refractivity contribution in [2.45, 2.75) is 6.42 Å². The van der Waals surface area contributed by atoms with Gasteiger partial charge in [0, 0.05) is 25.3 Å². The predicted octanol–water partition coefficient (Wildman–Crippen LogP) is 3.09. The van der Waals surface area contributed by atoms with Crippen molar-refractivity contribution in [2.24, 2.45) is 0 Å². The lowest BCUT2D eigenvalue weighted by Crippen LogP contribution is -2.08. The molecular formula is C18H17N3O3. The molecule has 2 aromatic carbocycles. The highest BCUT2D eigenvalue weighted by atomic mass is 16.4. The lowest BCUT2D eigenvalue weighted by Gasteiger charge is -2.12. The highest BCUT2D eigenvalue weighted by Crippen LogP contribution is 2.20. The minimum absolute atomic E-state index is 0.222. The van der Waals surface area contributed by atoms with Gasteiger partial charge in [-0.1, -0.05) is 12.1 Å². The molecular weight excluding hydrogens is 306 g/mol. The molecule has 0 amide bonds. The minimum Gasteiger partial charge on any atom is -0.478 e. The first-order valence-electron chi connectivity index (χ1n) is 7.45. The molecule has 0 aliphatic carbocycles. The summed E-state index contributed by atoms with van der Waals surface area (Å²) in [6, 6.07) is 14.5. The normalized spacial score (nSPS) is 10.6. The monoisotopic (exact) mass is 323 g/mol. The van der Waals surface area contributed by atoms with E-state index >= 15 is 0 Å². The van der Waals surface area contributed by atoms with E-state index in [0.29, 0.717) is 23.8 Å². The summed E-state index contributed by atoms with van der Waals surface area (Å²) in [5.41, 5.74) is 3.13. The van der Waals surface area contributed by atoms with Crippen LogP contribution >= 0.6 is 0 Å². The SMILES string of the molecule is CN(C)c1ccc(Cc2nnc(-c3ccc(C(=O)O)cc3)o2)cc1. The van der Waals surface area contributed by atoms with Crippen molar-refractivity contribution in [3.05, 3.63) is 65.5 Å². The van der Waals surface area contributed by atoms with Gasteiger partial charge < -0.3 is 14.4 Å². The van der Waals surface area contributed by atoms with Gasteiger partial charge in [-0.3, -0.25) is 0 Å². The molecule has 6 heteroatoms. The summed E-state index contributed by atoms with van der Waals surface area (Å²) in [6.07, 6.45) is 0.550. The van der Waals surface area contributed by atoms with Gasteiger partial charge in [0.15, 0.2) is 0 Å². The predicted molar refractivity (Wildman–Crippen MR) is 90.3 cm³/mol. The standard InChI is InChI=1S/C18H17N3O3/c1-21(2)15-9-3-12(4-10-15)11-16-19-20-17(24-16)13-5-7-14(8-6-13)18(22)23/h3-10H,11H2,1-2H3,(H,22,23). The zero-order chi connectivity index (χ0) is 17.1. The molecule has 3 aromatic rings. The van der Waals surface area contributed by atoms with E-state index in [4.69, 9.17) is 9.52 Å². The fourth-order valence-corrected chi connectivity index (χ4v) is 2.28. The zero-order valence-electron chi connectivity index (χ0n) is 13.4. The molecule has 0 spiro atoms. The first-order valence-corrected chi connectivity index (χ1v) is 7.45. The van der Waals surface area contributed by atoms with E-state index in [1.165, 1.54) is 12.1 Å². The number of nitrogens with zero attached hydrogens (tertiary/aromatic N) is 3. The van der Waals surface area contributed by atoms with E-state index in [-0.39, 0.29) is 5.56 Å². The number of benzene rings is 2. The van der Waals surface area contributed by atoms with Gasteiger partial charge in [0.25, 0.3) is 0 Å². The van der Waals surface area contributed by atoms with Gasteiger partial charge in [0.2, 0.25) is 11.8 Å². The Balaban J connectivity index is 1.74. The van der Waals surface area contributed by atoms with E-state index in [0.717, 1.165) is 11.3 Å². The third-order valence-corrected chi connectivity index (χ3v) is 3.65. The van der Waals surface area contributed by atoms with Crippen molar-refractivity contribution >= 4 is 11.7 Å². The molecule has 3 rings (SSSR count). The van der Waals surface area contributed by atoms with E-state index in [1.807, 2.05) is 43.3 Å². The van der Waals surface area contributed by atoms with Gasteiger partial charge in [-0.15, -0.1) is 10.2 Å². The second kappa shape index (κ2) is 6.54. The van der Waals surface area contributed by atoms with Gasteiger partial charge in [-0.05, 0) is 42.0 Å². The van der Waals surface area contributed by atoms with Crippen LogP contribution in [0.5, 0.6) is 0 Å². The average Bonchev–Trinajstić information content (AvgIpc) is 3.04. The number of rotatable bonds is 5. The van der Waals surface area contributed by atoms with Crippen LogP contribution in [0, 0.1) is 0 Å². The Bertz CT molecular complexity index is 837. The third-order valence-electron chi connectivity index (χ3n) is 3.65. The number of carboxylic acids is 1. The third kappa shape index (κ3) is 3.43. The summed E-state index contributed by atoms with van der Waals surface area (Å²) < 4.78 is 5.67. The highest BCUT2D eigenvalue weighted by Gasteiger charge is 2.10. The molecule has 0 aliphatic rings. The van der Waals surface area contributed by atoms with Crippen molar-refractivity contribution < 1.29 is 14.3 Å². The van der Waals surface area contributed by atoms with Crippen molar-refractivity contribution in [2.75, 3.05) is 19.0 Å². The van der Waals surface area contributed by atoms with E-state index in [9.17, 15) is 4.79 Å². The van der Waals surface area contributed by atoms with Crippen molar-refractivity contribution in [1.29, 1.82) is 0 Å². The second-order valence-corrected chi connectivity index (χ2v) is 5.62. The topological polar surface area (TPSA) is 79.5 Å². The Hall–Kier alpha value is -3.15. The molecule has 0 bridgehead atoms. The maximum absolute atomic E-state index is 10.9.